The number of aromatic nitrogens is 2. The summed E-state index contributed by atoms with van der Waals surface area (Å²) in [6.07, 6.45) is 17.5. The molecule has 5 rings (SSSR count). The number of allylic oxidation sites excluding steroid dienone is 6. The van der Waals surface area contributed by atoms with Crippen molar-refractivity contribution < 1.29 is 4.57 Å². The van der Waals surface area contributed by atoms with Gasteiger partial charge in [-0.2, -0.15) is 4.57 Å². The fourth-order valence-corrected chi connectivity index (χ4v) is 5.43. The lowest BCUT2D eigenvalue weighted by Crippen LogP contribution is -2.28. The second-order valence-electron chi connectivity index (χ2n) is 8.38. The summed E-state index contributed by atoms with van der Waals surface area (Å²) in [4.78, 5) is 8.97. The number of pyridine rings is 1. The van der Waals surface area contributed by atoms with Crippen molar-refractivity contribution in [2.75, 3.05) is 16.8 Å². The highest BCUT2D eigenvalue weighted by atomic mass is 32.1. The van der Waals surface area contributed by atoms with Crippen molar-refractivity contribution in [2.24, 2.45) is 7.05 Å². The van der Waals surface area contributed by atoms with Crippen molar-refractivity contribution in [1.82, 2.24) is 4.98 Å². The lowest BCUT2D eigenvalue weighted by molar-refractivity contribution is -0.642. The topological polar surface area (TPSA) is 23.2 Å². The third-order valence-corrected chi connectivity index (χ3v) is 7.37. The molecular formula is C30H29N4S+. The molecule has 4 aromatic rings. The Hall–Kier alpha value is -3.96. The normalized spacial score (nSPS) is 15.0. The molecule has 0 spiro atoms. The van der Waals surface area contributed by atoms with Crippen LogP contribution in [0, 0.1) is 0 Å². The van der Waals surface area contributed by atoms with Crippen molar-refractivity contribution in [1.29, 1.82) is 0 Å². The molecule has 5 heteroatoms. The number of hydrogen-bond donors (Lipinski definition) is 0. The summed E-state index contributed by atoms with van der Waals surface area (Å²) in [5.41, 5.74) is 4.96. The second-order valence-corrected chi connectivity index (χ2v) is 9.44. The van der Waals surface area contributed by atoms with Gasteiger partial charge in [0.25, 0.3) is 5.01 Å². The van der Waals surface area contributed by atoms with Crippen LogP contribution in [-0.2, 0) is 13.5 Å². The van der Waals surface area contributed by atoms with E-state index in [4.69, 9.17) is 0 Å². The van der Waals surface area contributed by atoms with Crippen LogP contribution in [0.3, 0.4) is 0 Å². The Kier molecular flexibility index (Phi) is 6.59. The molecular weight excluding hydrogens is 448 g/mol. The second kappa shape index (κ2) is 10.1. The highest BCUT2D eigenvalue weighted by Crippen LogP contribution is 2.44. The van der Waals surface area contributed by atoms with Gasteiger partial charge in [-0.1, -0.05) is 72.9 Å². The van der Waals surface area contributed by atoms with Gasteiger partial charge in [-0.05, 0) is 48.4 Å². The molecule has 1 aliphatic rings. The van der Waals surface area contributed by atoms with Crippen LogP contribution in [0.15, 0.2) is 109 Å². The minimum Gasteiger partial charge on any atom is -0.329 e. The molecule has 0 bridgehead atoms. The molecule has 35 heavy (non-hydrogen) atoms. The van der Waals surface area contributed by atoms with Crippen LogP contribution in [-0.4, -0.2) is 12.0 Å². The molecule has 0 aliphatic carbocycles. The summed E-state index contributed by atoms with van der Waals surface area (Å²) in [5, 5.41) is 1.24. The Balaban J connectivity index is 1.32. The lowest BCUT2D eigenvalue weighted by atomic mass is 10.2. The SMILES string of the molecule is CCc1ccc2c(c1)sc(C=CC=CC=CC=C1N(C)c3ccccc3N1c1ccccn1)[n+]2C. The van der Waals surface area contributed by atoms with Gasteiger partial charge in [0.05, 0.1) is 11.4 Å². The quantitative estimate of drug-likeness (QED) is 0.222. The maximum absolute atomic E-state index is 4.58. The molecule has 0 N–H and O–H groups in total. The molecule has 0 atom stereocenters. The van der Waals surface area contributed by atoms with Crippen LogP contribution in [0.2, 0.25) is 0 Å². The van der Waals surface area contributed by atoms with Crippen LogP contribution in [0.25, 0.3) is 16.3 Å². The Morgan fingerprint density at radius 1 is 0.914 bits per heavy atom. The van der Waals surface area contributed by atoms with Crippen LogP contribution < -0.4 is 14.4 Å². The number of hydrogen-bond acceptors (Lipinski definition) is 4. The fraction of sp³-hybridized carbons (Fsp3) is 0.133. The monoisotopic (exact) mass is 477 g/mol. The number of rotatable bonds is 6. The number of para-hydroxylation sites is 2. The van der Waals surface area contributed by atoms with Gasteiger partial charge in [-0.3, -0.25) is 4.90 Å². The first-order valence-electron chi connectivity index (χ1n) is 11.8. The van der Waals surface area contributed by atoms with Crippen LogP contribution in [0.5, 0.6) is 0 Å². The first-order chi connectivity index (χ1) is 17.2. The highest BCUT2D eigenvalue weighted by molar-refractivity contribution is 7.18. The van der Waals surface area contributed by atoms with E-state index >= 15 is 0 Å². The average molecular weight is 478 g/mol. The van der Waals surface area contributed by atoms with Gasteiger partial charge in [-0.15, -0.1) is 0 Å². The summed E-state index contributed by atoms with van der Waals surface area (Å²) in [5.74, 6) is 1.97. The summed E-state index contributed by atoms with van der Waals surface area (Å²) >= 11 is 1.83. The van der Waals surface area contributed by atoms with Gasteiger partial charge >= 0.3 is 0 Å². The Bertz CT molecular complexity index is 1460. The summed E-state index contributed by atoms with van der Waals surface area (Å²) < 4.78 is 3.59. The van der Waals surface area contributed by atoms with Gasteiger partial charge in [-0.25, -0.2) is 4.98 Å². The molecule has 0 fully saturated rings. The molecule has 2 aromatic heterocycles. The van der Waals surface area contributed by atoms with Crippen molar-refractivity contribution in [3.8, 4) is 0 Å². The van der Waals surface area contributed by atoms with Crippen LogP contribution >= 0.6 is 11.3 Å². The molecule has 174 valence electrons. The van der Waals surface area contributed by atoms with Gasteiger partial charge in [0.1, 0.15) is 23.4 Å². The largest absolute Gasteiger partial charge is 0.329 e. The maximum Gasteiger partial charge on any atom is 0.262 e. The van der Waals surface area contributed by atoms with Gasteiger partial charge in [0, 0.05) is 25.4 Å². The smallest absolute Gasteiger partial charge is 0.262 e. The number of nitrogens with zero attached hydrogens (tertiary/aromatic N) is 4. The predicted octanol–water partition coefficient (Wildman–Crippen LogP) is 6.94. The first-order valence-corrected chi connectivity index (χ1v) is 12.7. The van der Waals surface area contributed by atoms with E-state index in [-0.39, 0.29) is 0 Å². The molecule has 0 saturated carbocycles. The summed E-state index contributed by atoms with van der Waals surface area (Å²) in [7, 11) is 4.22. The van der Waals surface area contributed by atoms with Gasteiger partial charge < -0.3 is 4.90 Å². The molecule has 0 amide bonds. The highest BCUT2D eigenvalue weighted by Gasteiger charge is 2.29. The summed E-state index contributed by atoms with van der Waals surface area (Å²) in [6.45, 7) is 2.20. The zero-order valence-electron chi connectivity index (χ0n) is 20.3. The van der Waals surface area contributed by atoms with E-state index in [1.807, 2.05) is 35.7 Å². The van der Waals surface area contributed by atoms with E-state index in [1.165, 1.54) is 26.5 Å². The number of aryl methyl sites for hydroxylation is 2. The molecule has 2 aromatic carbocycles. The van der Waals surface area contributed by atoms with Crippen molar-refractivity contribution in [3.05, 3.63) is 120 Å². The van der Waals surface area contributed by atoms with E-state index in [0.717, 1.165) is 23.7 Å². The van der Waals surface area contributed by atoms with Gasteiger partial charge in [0.2, 0.25) is 5.52 Å². The van der Waals surface area contributed by atoms with Crippen molar-refractivity contribution in [2.45, 2.75) is 13.3 Å². The Labute approximate surface area is 211 Å². The number of fused-ring (bicyclic) bond motifs is 2. The lowest BCUT2D eigenvalue weighted by Gasteiger charge is -2.21. The Morgan fingerprint density at radius 2 is 1.69 bits per heavy atom. The van der Waals surface area contributed by atoms with Crippen molar-refractivity contribution in [3.63, 3.8) is 0 Å². The van der Waals surface area contributed by atoms with E-state index < -0.39 is 0 Å². The number of anilines is 3. The molecule has 3 heterocycles. The Morgan fingerprint density at radius 3 is 2.49 bits per heavy atom. The third kappa shape index (κ3) is 4.55. The van der Waals surface area contributed by atoms with E-state index in [1.54, 1.807) is 0 Å². The minimum atomic E-state index is 0.907. The first kappa shape index (κ1) is 22.8. The molecule has 0 saturated heterocycles. The zero-order chi connectivity index (χ0) is 24.2. The standard InChI is InChI=1S/C30H29N4S/c1-4-23-19-20-26-27(22-23)35-30(33(26)3)18-9-7-5-6-8-17-29-32(2)24-14-10-11-15-25(24)34(29)28-16-12-13-21-31-28/h5-22H,4H2,1-3H3/q+1. The number of benzene rings is 2. The average Bonchev–Trinajstić information content (AvgIpc) is 3.37. The molecule has 4 nitrogen and oxygen atoms in total. The third-order valence-electron chi connectivity index (χ3n) is 6.20. The molecule has 0 radical (unpaired) electrons. The fourth-order valence-electron chi connectivity index (χ4n) is 4.30. The van der Waals surface area contributed by atoms with Crippen LogP contribution in [0.1, 0.15) is 17.5 Å². The van der Waals surface area contributed by atoms with E-state index in [0.29, 0.717) is 0 Å². The predicted molar refractivity (Wildman–Crippen MR) is 149 cm³/mol. The number of thiazole rings is 1. The zero-order valence-corrected chi connectivity index (χ0v) is 21.1. The van der Waals surface area contributed by atoms with E-state index in [9.17, 15) is 0 Å². The molecule has 0 unspecified atom stereocenters. The van der Waals surface area contributed by atoms with Gasteiger partial charge in [0.15, 0.2) is 0 Å². The minimum absolute atomic E-state index is 0.907. The summed E-state index contributed by atoms with van der Waals surface area (Å²) in [6, 6.07) is 21.1. The van der Waals surface area contributed by atoms with E-state index in [2.05, 4.69) is 125 Å². The molecule has 1 aliphatic heterocycles. The van der Waals surface area contributed by atoms with Crippen molar-refractivity contribution >= 4 is 44.8 Å². The van der Waals surface area contributed by atoms with Crippen LogP contribution in [0.4, 0.5) is 17.2 Å². The maximum atomic E-state index is 4.58.